The standard InChI is InChI=1S/C17H20BrNO2/c1-3-21-16-9-7-13(8-10-16)17(2,12-20)19-15-6-4-5-14(18)11-15/h4-11,19-20H,3,12H2,1-2H3. The highest BCUT2D eigenvalue weighted by atomic mass is 79.9. The molecule has 2 N–H and O–H groups in total. The number of aliphatic hydroxyl groups excluding tert-OH is 1. The van der Waals surface area contributed by atoms with Crippen molar-refractivity contribution in [1.29, 1.82) is 0 Å². The van der Waals surface area contributed by atoms with Gasteiger partial charge in [-0.1, -0.05) is 34.1 Å². The van der Waals surface area contributed by atoms with Crippen molar-refractivity contribution in [2.75, 3.05) is 18.5 Å². The fourth-order valence-electron chi connectivity index (χ4n) is 2.17. The second kappa shape index (κ2) is 6.96. The topological polar surface area (TPSA) is 41.5 Å². The Morgan fingerprint density at radius 3 is 2.48 bits per heavy atom. The third kappa shape index (κ3) is 3.99. The highest BCUT2D eigenvalue weighted by Crippen LogP contribution is 2.28. The second-order valence-corrected chi connectivity index (χ2v) is 6.00. The van der Waals surface area contributed by atoms with Crippen molar-refractivity contribution in [3.05, 3.63) is 58.6 Å². The lowest BCUT2D eigenvalue weighted by molar-refractivity contribution is 0.224. The van der Waals surface area contributed by atoms with E-state index in [1.165, 1.54) is 0 Å². The largest absolute Gasteiger partial charge is 0.494 e. The van der Waals surface area contributed by atoms with Crippen LogP contribution in [0.2, 0.25) is 0 Å². The molecular formula is C17H20BrNO2. The normalized spacial score (nSPS) is 13.5. The summed E-state index contributed by atoms with van der Waals surface area (Å²) in [6.45, 7) is 4.57. The Labute approximate surface area is 134 Å². The summed E-state index contributed by atoms with van der Waals surface area (Å²) < 4.78 is 6.45. The summed E-state index contributed by atoms with van der Waals surface area (Å²) in [5.74, 6) is 0.837. The van der Waals surface area contributed by atoms with Crippen LogP contribution >= 0.6 is 15.9 Å². The zero-order valence-electron chi connectivity index (χ0n) is 12.3. The predicted molar refractivity (Wildman–Crippen MR) is 89.8 cm³/mol. The first-order chi connectivity index (χ1) is 10.1. The van der Waals surface area contributed by atoms with Gasteiger partial charge in [0, 0.05) is 10.2 Å². The van der Waals surface area contributed by atoms with Crippen LogP contribution in [-0.2, 0) is 5.54 Å². The van der Waals surface area contributed by atoms with Gasteiger partial charge in [-0.05, 0) is 49.7 Å². The molecule has 2 aromatic carbocycles. The number of anilines is 1. The van der Waals surface area contributed by atoms with Gasteiger partial charge in [-0.3, -0.25) is 0 Å². The van der Waals surface area contributed by atoms with Gasteiger partial charge in [0.15, 0.2) is 0 Å². The molecule has 1 unspecified atom stereocenters. The first kappa shape index (κ1) is 15.9. The van der Waals surface area contributed by atoms with Gasteiger partial charge in [0.2, 0.25) is 0 Å². The third-order valence-corrected chi connectivity index (χ3v) is 3.86. The Hall–Kier alpha value is -1.52. The number of benzene rings is 2. The van der Waals surface area contributed by atoms with Crippen LogP contribution in [0.1, 0.15) is 19.4 Å². The van der Waals surface area contributed by atoms with Gasteiger partial charge in [-0.25, -0.2) is 0 Å². The molecule has 112 valence electrons. The molecule has 3 nitrogen and oxygen atoms in total. The minimum Gasteiger partial charge on any atom is -0.494 e. The van der Waals surface area contributed by atoms with E-state index in [2.05, 4.69) is 21.2 Å². The Morgan fingerprint density at radius 2 is 1.90 bits per heavy atom. The number of rotatable bonds is 6. The molecule has 2 rings (SSSR count). The van der Waals surface area contributed by atoms with Gasteiger partial charge in [0.1, 0.15) is 5.75 Å². The van der Waals surface area contributed by atoms with Crippen molar-refractivity contribution in [3.63, 3.8) is 0 Å². The van der Waals surface area contributed by atoms with E-state index in [4.69, 9.17) is 4.74 Å². The SMILES string of the molecule is CCOc1ccc(C(C)(CO)Nc2cccc(Br)c2)cc1. The summed E-state index contributed by atoms with van der Waals surface area (Å²) in [6.07, 6.45) is 0. The average molecular weight is 350 g/mol. The molecule has 0 saturated carbocycles. The van der Waals surface area contributed by atoms with Crippen molar-refractivity contribution >= 4 is 21.6 Å². The minimum atomic E-state index is -0.550. The van der Waals surface area contributed by atoms with Crippen LogP contribution < -0.4 is 10.1 Å². The number of halogens is 1. The number of hydrogen-bond acceptors (Lipinski definition) is 3. The average Bonchev–Trinajstić information content (AvgIpc) is 2.48. The molecule has 0 aromatic heterocycles. The summed E-state index contributed by atoms with van der Waals surface area (Å²) in [6, 6.07) is 15.7. The first-order valence-corrected chi connectivity index (χ1v) is 7.74. The molecule has 0 bridgehead atoms. The first-order valence-electron chi connectivity index (χ1n) is 6.95. The van der Waals surface area contributed by atoms with Crippen LogP contribution in [0.3, 0.4) is 0 Å². The maximum Gasteiger partial charge on any atom is 0.119 e. The lowest BCUT2D eigenvalue weighted by Gasteiger charge is -2.30. The van der Waals surface area contributed by atoms with Crippen LogP contribution in [0, 0.1) is 0 Å². The number of aliphatic hydroxyl groups is 1. The van der Waals surface area contributed by atoms with Gasteiger partial charge < -0.3 is 15.2 Å². The Balaban J connectivity index is 2.23. The molecule has 0 amide bonds. The number of ether oxygens (including phenoxy) is 1. The van der Waals surface area contributed by atoms with E-state index >= 15 is 0 Å². The smallest absolute Gasteiger partial charge is 0.119 e. The predicted octanol–water partition coefficient (Wildman–Crippen LogP) is 4.17. The van der Waals surface area contributed by atoms with Crippen molar-refractivity contribution in [3.8, 4) is 5.75 Å². The van der Waals surface area contributed by atoms with E-state index in [1.807, 2.05) is 62.4 Å². The van der Waals surface area contributed by atoms with E-state index in [0.717, 1.165) is 21.5 Å². The van der Waals surface area contributed by atoms with E-state index in [1.54, 1.807) is 0 Å². The van der Waals surface area contributed by atoms with E-state index in [-0.39, 0.29) is 6.61 Å². The Kier molecular flexibility index (Phi) is 5.26. The highest BCUT2D eigenvalue weighted by molar-refractivity contribution is 9.10. The van der Waals surface area contributed by atoms with Crippen LogP contribution in [-0.4, -0.2) is 18.3 Å². The monoisotopic (exact) mass is 349 g/mol. The van der Waals surface area contributed by atoms with Gasteiger partial charge in [-0.2, -0.15) is 0 Å². The molecule has 0 fully saturated rings. The van der Waals surface area contributed by atoms with Crippen LogP contribution in [0.15, 0.2) is 53.0 Å². The minimum absolute atomic E-state index is 0.00645. The molecule has 0 aliphatic heterocycles. The maximum absolute atomic E-state index is 9.84. The lowest BCUT2D eigenvalue weighted by Crippen LogP contribution is -2.35. The molecule has 0 heterocycles. The molecular weight excluding hydrogens is 330 g/mol. The fraction of sp³-hybridized carbons (Fsp3) is 0.294. The lowest BCUT2D eigenvalue weighted by atomic mass is 9.92. The van der Waals surface area contributed by atoms with Gasteiger partial charge in [-0.15, -0.1) is 0 Å². The van der Waals surface area contributed by atoms with Crippen LogP contribution in [0.4, 0.5) is 5.69 Å². The van der Waals surface area contributed by atoms with E-state index in [9.17, 15) is 5.11 Å². The maximum atomic E-state index is 9.84. The molecule has 2 aromatic rings. The molecule has 1 atom stereocenters. The summed E-state index contributed by atoms with van der Waals surface area (Å²) in [5, 5.41) is 13.2. The summed E-state index contributed by atoms with van der Waals surface area (Å²) in [7, 11) is 0. The Bertz CT molecular complexity index is 586. The highest BCUT2D eigenvalue weighted by Gasteiger charge is 2.25. The number of nitrogens with one attached hydrogen (secondary N) is 1. The summed E-state index contributed by atoms with van der Waals surface area (Å²) in [5.41, 5.74) is 1.41. The zero-order valence-corrected chi connectivity index (χ0v) is 13.9. The third-order valence-electron chi connectivity index (χ3n) is 3.36. The van der Waals surface area contributed by atoms with Crippen LogP contribution in [0.25, 0.3) is 0 Å². The molecule has 0 saturated heterocycles. The molecule has 21 heavy (non-hydrogen) atoms. The van der Waals surface area contributed by atoms with Crippen molar-refractivity contribution < 1.29 is 9.84 Å². The summed E-state index contributed by atoms with van der Waals surface area (Å²) >= 11 is 3.46. The molecule has 0 spiro atoms. The van der Waals surface area contributed by atoms with E-state index < -0.39 is 5.54 Å². The van der Waals surface area contributed by atoms with Crippen molar-refractivity contribution in [2.45, 2.75) is 19.4 Å². The summed E-state index contributed by atoms with van der Waals surface area (Å²) in [4.78, 5) is 0. The molecule has 0 radical (unpaired) electrons. The molecule has 0 aliphatic rings. The van der Waals surface area contributed by atoms with Gasteiger partial charge in [0.05, 0.1) is 18.8 Å². The zero-order chi connectivity index (χ0) is 15.3. The van der Waals surface area contributed by atoms with Crippen molar-refractivity contribution in [2.24, 2.45) is 0 Å². The molecule has 4 heteroatoms. The van der Waals surface area contributed by atoms with Crippen molar-refractivity contribution in [1.82, 2.24) is 0 Å². The van der Waals surface area contributed by atoms with Crippen LogP contribution in [0.5, 0.6) is 5.75 Å². The fourth-order valence-corrected chi connectivity index (χ4v) is 2.57. The Morgan fingerprint density at radius 1 is 1.19 bits per heavy atom. The van der Waals surface area contributed by atoms with E-state index in [0.29, 0.717) is 6.61 Å². The van der Waals surface area contributed by atoms with Gasteiger partial charge >= 0.3 is 0 Å². The second-order valence-electron chi connectivity index (χ2n) is 5.08. The number of hydrogen-bond donors (Lipinski definition) is 2. The quantitative estimate of drug-likeness (QED) is 0.822. The molecule has 0 aliphatic carbocycles. The van der Waals surface area contributed by atoms with Gasteiger partial charge in [0.25, 0.3) is 0 Å².